The molecule has 0 spiro atoms. The van der Waals surface area contributed by atoms with Gasteiger partial charge in [-0.1, -0.05) is 53.7 Å². The van der Waals surface area contributed by atoms with Gasteiger partial charge < -0.3 is 9.80 Å². The van der Waals surface area contributed by atoms with Gasteiger partial charge in [0.25, 0.3) is 5.91 Å². The van der Waals surface area contributed by atoms with Crippen LogP contribution < -0.4 is 0 Å². The summed E-state index contributed by atoms with van der Waals surface area (Å²) < 4.78 is 2.07. The molecule has 1 aromatic heterocycles. The molecule has 2 heterocycles. The smallest absolute Gasteiger partial charge is 0.255 e. The molecule has 1 aliphatic rings. The second kappa shape index (κ2) is 11.3. The molecule has 1 unspecified atom stereocenters. The zero-order valence-electron chi connectivity index (χ0n) is 20.3. The maximum absolute atomic E-state index is 12.9. The van der Waals surface area contributed by atoms with Crippen LogP contribution in [0.25, 0.3) is 5.69 Å². The fraction of sp³-hybridized carbons (Fsp3) is 0.385. The highest BCUT2D eigenvalue weighted by molar-refractivity contribution is 7.99. The van der Waals surface area contributed by atoms with Crippen LogP contribution in [-0.2, 0) is 4.79 Å². The van der Waals surface area contributed by atoms with Crippen LogP contribution >= 0.6 is 23.4 Å². The molecule has 0 bridgehead atoms. The molecule has 9 heteroatoms. The zero-order chi connectivity index (χ0) is 24.9. The van der Waals surface area contributed by atoms with E-state index in [1.165, 1.54) is 0 Å². The van der Waals surface area contributed by atoms with Gasteiger partial charge >= 0.3 is 0 Å². The minimum absolute atomic E-state index is 0.0681. The first kappa shape index (κ1) is 25.3. The lowest BCUT2D eigenvalue weighted by atomic mass is 10.1. The molecule has 0 saturated carbocycles. The fourth-order valence-electron chi connectivity index (χ4n) is 4.35. The van der Waals surface area contributed by atoms with E-state index in [0.717, 1.165) is 34.4 Å². The number of carbonyl (C=O) groups is 2. The number of halogens is 1. The molecule has 2 aromatic carbocycles. The number of benzene rings is 2. The van der Waals surface area contributed by atoms with Gasteiger partial charge in [-0.05, 0) is 51.0 Å². The second-order valence-electron chi connectivity index (χ2n) is 8.77. The number of nitrogens with zero attached hydrogens (tertiary/aromatic N) is 5. The molecule has 0 N–H and O–H groups in total. The third kappa shape index (κ3) is 5.70. The predicted molar refractivity (Wildman–Crippen MR) is 139 cm³/mol. The van der Waals surface area contributed by atoms with Crippen LogP contribution in [0.15, 0.2) is 53.7 Å². The molecule has 35 heavy (non-hydrogen) atoms. The van der Waals surface area contributed by atoms with Gasteiger partial charge in [-0.2, -0.15) is 0 Å². The van der Waals surface area contributed by atoms with Crippen LogP contribution in [0, 0.1) is 13.8 Å². The fourth-order valence-corrected chi connectivity index (χ4v) is 5.49. The molecule has 2 amide bonds. The van der Waals surface area contributed by atoms with Crippen molar-refractivity contribution in [3.8, 4) is 5.69 Å². The summed E-state index contributed by atoms with van der Waals surface area (Å²) in [6.45, 7) is 7.57. The number of hydrogen-bond acceptors (Lipinski definition) is 5. The Morgan fingerprint density at radius 1 is 1.06 bits per heavy atom. The number of piperazine rings is 1. The Hall–Kier alpha value is -2.84. The van der Waals surface area contributed by atoms with E-state index in [-0.39, 0.29) is 17.9 Å². The first-order chi connectivity index (χ1) is 16.9. The first-order valence-electron chi connectivity index (χ1n) is 11.8. The quantitative estimate of drug-likeness (QED) is 0.337. The predicted octanol–water partition coefficient (Wildman–Crippen LogP) is 4.78. The monoisotopic (exact) mass is 511 g/mol. The summed E-state index contributed by atoms with van der Waals surface area (Å²) in [7, 11) is 0. The number of carbonyl (C=O) groups excluding carboxylic acids is 2. The highest BCUT2D eigenvalue weighted by Crippen LogP contribution is 2.25. The Morgan fingerprint density at radius 3 is 2.54 bits per heavy atom. The first-order valence-corrected chi connectivity index (χ1v) is 13.2. The van der Waals surface area contributed by atoms with Crippen molar-refractivity contribution in [3.05, 3.63) is 70.5 Å². The molecule has 0 radical (unpaired) electrons. The van der Waals surface area contributed by atoms with Gasteiger partial charge in [0.1, 0.15) is 5.82 Å². The average Bonchev–Trinajstić information content (AvgIpc) is 3.21. The number of aryl methyl sites for hydroxylation is 2. The lowest BCUT2D eigenvalue weighted by molar-refractivity contribution is -0.133. The van der Waals surface area contributed by atoms with E-state index in [4.69, 9.17) is 11.6 Å². The number of aromatic nitrogens is 3. The Morgan fingerprint density at radius 2 is 1.80 bits per heavy atom. The summed E-state index contributed by atoms with van der Waals surface area (Å²) in [6.07, 6.45) is 1.21. The number of thioether (sulfide) groups is 1. The highest BCUT2D eigenvalue weighted by Gasteiger charge is 2.30. The summed E-state index contributed by atoms with van der Waals surface area (Å²) >= 11 is 7.83. The molecular formula is C26H30ClN5O2S. The minimum Gasteiger partial charge on any atom is -0.339 e. The molecular weight excluding hydrogens is 482 g/mol. The summed E-state index contributed by atoms with van der Waals surface area (Å²) in [5, 5.41) is 9.88. The molecule has 184 valence electrons. The topological polar surface area (TPSA) is 71.3 Å². The van der Waals surface area contributed by atoms with E-state index in [0.29, 0.717) is 36.6 Å². The van der Waals surface area contributed by atoms with Gasteiger partial charge in [0.2, 0.25) is 5.91 Å². The van der Waals surface area contributed by atoms with Crippen LogP contribution in [0.2, 0.25) is 5.02 Å². The van der Waals surface area contributed by atoms with Crippen molar-refractivity contribution in [1.82, 2.24) is 24.6 Å². The molecule has 1 saturated heterocycles. The Kier molecular flexibility index (Phi) is 8.13. The third-order valence-corrected chi connectivity index (χ3v) is 7.61. The van der Waals surface area contributed by atoms with Crippen molar-refractivity contribution < 1.29 is 9.59 Å². The molecule has 7 nitrogen and oxygen atoms in total. The average molecular weight is 512 g/mol. The maximum Gasteiger partial charge on any atom is 0.255 e. The van der Waals surface area contributed by atoms with Gasteiger partial charge in [-0.3, -0.25) is 14.2 Å². The van der Waals surface area contributed by atoms with Gasteiger partial charge in [0.15, 0.2) is 5.16 Å². The number of para-hydroxylation sites is 1. The second-order valence-corrected chi connectivity index (χ2v) is 10.2. The lowest BCUT2D eigenvalue weighted by Crippen LogP contribution is -2.55. The summed E-state index contributed by atoms with van der Waals surface area (Å²) in [5.74, 6) is 1.66. The Labute approximate surface area is 215 Å². The molecule has 1 atom stereocenters. The van der Waals surface area contributed by atoms with E-state index in [1.54, 1.807) is 23.9 Å². The summed E-state index contributed by atoms with van der Waals surface area (Å²) in [6, 6.07) is 15.2. The van der Waals surface area contributed by atoms with Crippen LogP contribution in [-0.4, -0.2) is 67.8 Å². The number of hydrogen-bond donors (Lipinski definition) is 0. The lowest BCUT2D eigenvalue weighted by Gasteiger charge is -2.40. The van der Waals surface area contributed by atoms with Gasteiger partial charge in [-0.15, -0.1) is 10.2 Å². The highest BCUT2D eigenvalue weighted by atomic mass is 35.5. The Balaban J connectivity index is 1.28. The number of rotatable bonds is 7. The van der Waals surface area contributed by atoms with E-state index in [9.17, 15) is 9.59 Å². The number of amides is 2. The van der Waals surface area contributed by atoms with Crippen molar-refractivity contribution in [1.29, 1.82) is 0 Å². The van der Waals surface area contributed by atoms with Crippen molar-refractivity contribution in [2.75, 3.05) is 25.4 Å². The standard InChI is InChI=1S/C26H30ClN5O2S/c1-18-9-4-7-12-23(18)32-20(3)28-29-26(32)35-16-8-13-24(33)30-14-15-31(19(2)17-30)25(34)21-10-5-6-11-22(21)27/h4-7,9-12,19H,8,13-17H2,1-3H3. The third-order valence-electron chi connectivity index (χ3n) is 6.26. The maximum atomic E-state index is 12.9. The summed E-state index contributed by atoms with van der Waals surface area (Å²) in [5.41, 5.74) is 2.74. The van der Waals surface area contributed by atoms with E-state index in [2.05, 4.69) is 33.8 Å². The van der Waals surface area contributed by atoms with Crippen LogP contribution in [0.1, 0.15) is 41.5 Å². The Bertz CT molecular complexity index is 1210. The van der Waals surface area contributed by atoms with Crippen LogP contribution in [0.4, 0.5) is 0 Å². The SMILES string of the molecule is Cc1ccccc1-n1c(C)nnc1SCCCC(=O)N1CCN(C(=O)c2ccccc2Cl)C(C)C1. The normalized spacial score (nSPS) is 15.9. The van der Waals surface area contributed by atoms with Crippen molar-refractivity contribution in [2.45, 2.75) is 44.8 Å². The zero-order valence-corrected chi connectivity index (χ0v) is 21.8. The van der Waals surface area contributed by atoms with Crippen LogP contribution in [0.3, 0.4) is 0 Å². The van der Waals surface area contributed by atoms with Crippen molar-refractivity contribution >= 4 is 35.2 Å². The molecule has 4 rings (SSSR count). The van der Waals surface area contributed by atoms with Crippen LogP contribution in [0.5, 0.6) is 0 Å². The van der Waals surface area contributed by atoms with Crippen molar-refractivity contribution in [2.24, 2.45) is 0 Å². The van der Waals surface area contributed by atoms with E-state index >= 15 is 0 Å². The van der Waals surface area contributed by atoms with Gasteiger partial charge in [-0.25, -0.2) is 0 Å². The largest absolute Gasteiger partial charge is 0.339 e. The van der Waals surface area contributed by atoms with Gasteiger partial charge in [0.05, 0.1) is 16.3 Å². The van der Waals surface area contributed by atoms with E-state index < -0.39 is 0 Å². The van der Waals surface area contributed by atoms with E-state index in [1.807, 2.05) is 47.9 Å². The van der Waals surface area contributed by atoms with Gasteiger partial charge in [0, 0.05) is 37.8 Å². The molecule has 3 aromatic rings. The molecule has 0 aliphatic carbocycles. The molecule has 1 aliphatic heterocycles. The van der Waals surface area contributed by atoms with Crippen molar-refractivity contribution in [3.63, 3.8) is 0 Å². The minimum atomic E-state index is -0.0837. The molecule has 1 fully saturated rings. The summed E-state index contributed by atoms with van der Waals surface area (Å²) in [4.78, 5) is 29.5.